The summed E-state index contributed by atoms with van der Waals surface area (Å²) in [7, 11) is 0. The van der Waals surface area contributed by atoms with Crippen LogP contribution in [-0.2, 0) is 4.79 Å². The van der Waals surface area contributed by atoms with Gasteiger partial charge in [-0.1, -0.05) is 0 Å². The second kappa shape index (κ2) is 5.56. The minimum atomic E-state index is -0.490. The first-order valence-electron chi connectivity index (χ1n) is 5.37. The third kappa shape index (κ3) is 4.52. The van der Waals surface area contributed by atoms with E-state index < -0.39 is 5.82 Å². The lowest BCUT2D eigenvalue weighted by Gasteiger charge is -2.20. The van der Waals surface area contributed by atoms with E-state index in [0.717, 1.165) is 6.07 Å². The number of nitrogens with one attached hydrogen (secondary N) is 1. The number of carbonyl (C=O) groups excluding carboxylic acids is 1. The van der Waals surface area contributed by atoms with Crippen molar-refractivity contribution in [3.63, 3.8) is 0 Å². The summed E-state index contributed by atoms with van der Waals surface area (Å²) in [5.41, 5.74) is 5.58. The van der Waals surface area contributed by atoms with Gasteiger partial charge in [-0.15, -0.1) is 0 Å². The van der Waals surface area contributed by atoms with Crippen molar-refractivity contribution < 1.29 is 13.9 Å². The van der Waals surface area contributed by atoms with E-state index in [-0.39, 0.29) is 34.0 Å². The van der Waals surface area contributed by atoms with Crippen molar-refractivity contribution in [3.05, 3.63) is 22.4 Å². The number of ether oxygens (including phenoxy) is 1. The first kappa shape index (κ1) is 14.8. The summed E-state index contributed by atoms with van der Waals surface area (Å²) < 4.78 is 18.7. The van der Waals surface area contributed by atoms with Gasteiger partial charge in [0.15, 0.2) is 6.61 Å². The molecule has 0 fully saturated rings. The fraction of sp³-hybridized carbons (Fsp3) is 0.417. The highest BCUT2D eigenvalue weighted by atomic mass is 79.9. The van der Waals surface area contributed by atoms with Gasteiger partial charge in [0.2, 0.25) is 0 Å². The van der Waals surface area contributed by atoms with Gasteiger partial charge in [0, 0.05) is 11.6 Å². The molecule has 0 saturated carbocycles. The lowest BCUT2D eigenvalue weighted by molar-refractivity contribution is -0.124. The molecular weight excluding hydrogens is 303 g/mol. The topological polar surface area (TPSA) is 64.3 Å². The number of benzene rings is 1. The third-order valence-electron chi connectivity index (χ3n) is 1.93. The quantitative estimate of drug-likeness (QED) is 0.841. The fourth-order valence-corrected chi connectivity index (χ4v) is 1.63. The van der Waals surface area contributed by atoms with Crippen molar-refractivity contribution in [3.8, 4) is 5.75 Å². The number of anilines is 1. The molecule has 18 heavy (non-hydrogen) atoms. The first-order chi connectivity index (χ1) is 8.19. The van der Waals surface area contributed by atoms with Crippen LogP contribution in [0, 0.1) is 5.82 Å². The van der Waals surface area contributed by atoms with Gasteiger partial charge in [-0.05, 0) is 42.8 Å². The van der Waals surface area contributed by atoms with E-state index in [4.69, 9.17) is 10.5 Å². The Bertz CT molecular complexity index is 458. The maximum Gasteiger partial charge on any atom is 0.258 e. The Labute approximate surface area is 114 Å². The number of hydrogen-bond donors (Lipinski definition) is 2. The van der Waals surface area contributed by atoms with E-state index >= 15 is 0 Å². The number of amides is 1. The Morgan fingerprint density at radius 1 is 1.50 bits per heavy atom. The van der Waals surface area contributed by atoms with Crippen LogP contribution in [0.1, 0.15) is 20.8 Å². The number of rotatable bonds is 3. The van der Waals surface area contributed by atoms with Gasteiger partial charge in [-0.25, -0.2) is 4.39 Å². The molecular formula is C12H16BrFN2O2. The van der Waals surface area contributed by atoms with Crippen LogP contribution in [-0.4, -0.2) is 18.1 Å². The molecule has 4 nitrogen and oxygen atoms in total. The van der Waals surface area contributed by atoms with Gasteiger partial charge in [0.05, 0.1) is 10.2 Å². The zero-order valence-corrected chi connectivity index (χ0v) is 12.1. The van der Waals surface area contributed by atoms with Gasteiger partial charge in [-0.3, -0.25) is 4.79 Å². The van der Waals surface area contributed by atoms with Crippen LogP contribution in [0.4, 0.5) is 10.1 Å². The molecule has 0 unspecified atom stereocenters. The predicted molar refractivity (Wildman–Crippen MR) is 71.9 cm³/mol. The Morgan fingerprint density at radius 3 is 2.67 bits per heavy atom. The standard InChI is InChI=1S/C12H16BrFN2O2/c1-12(2,3)16-11(17)6-18-10-5-8(14)7(13)4-9(10)15/h4-5H,6,15H2,1-3H3,(H,16,17). The smallest absolute Gasteiger partial charge is 0.258 e. The normalized spacial score (nSPS) is 11.2. The maximum atomic E-state index is 13.3. The summed E-state index contributed by atoms with van der Waals surface area (Å²) in [6.45, 7) is 5.37. The predicted octanol–water partition coefficient (Wildman–Crippen LogP) is 2.46. The van der Waals surface area contributed by atoms with Crippen LogP contribution in [0.3, 0.4) is 0 Å². The molecule has 6 heteroatoms. The van der Waals surface area contributed by atoms with Crippen LogP contribution in [0.2, 0.25) is 0 Å². The van der Waals surface area contributed by atoms with E-state index in [9.17, 15) is 9.18 Å². The Kier molecular flexibility index (Phi) is 4.56. The van der Waals surface area contributed by atoms with E-state index in [1.54, 1.807) is 0 Å². The molecule has 1 aromatic carbocycles. The lowest BCUT2D eigenvalue weighted by Crippen LogP contribution is -2.43. The summed E-state index contributed by atoms with van der Waals surface area (Å²) in [6.07, 6.45) is 0. The van der Waals surface area contributed by atoms with Crippen LogP contribution in [0.5, 0.6) is 5.75 Å². The van der Waals surface area contributed by atoms with Gasteiger partial charge >= 0.3 is 0 Å². The second-order valence-corrected chi connectivity index (χ2v) is 5.75. The van der Waals surface area contributed by atoms with Gasteiger partial charge < -0.3 is 15.8 Å². The molecule has 0 saturated heterocycles. The average molecular weight is 319 g/mol. The summed E-state index contributed by atoms with van der Waals surface area (Å²) in [5, 5.41) is 2.73. The molecule has 0 aliphatic heterocycles. The van der Waals surface area contributed by atoms with Crippen LogP contribution in [0.25, 0.3) is 0 Å². The van der Waals surface area contributed by atoms with Crippen LogP contribution < -0.4 is 15.8 Å². The second-order valence-electron chi connectivity index (χ2n) is 4.89. The molecule has 1 rings (SSSR count). The van der Waals surface area contributed by atoms with Gasteiger partial charge in [0.1, 0.15) is 11.6 Å². The molecule has 0 aromatic heterocycles. The van der Waals surface area contributed by atoms with Crippen LogP contribution in [0.15, 0.2) is 16.6 Å². The monoisotopic (exact) mass is 318 g/mol. The largest absolute Gasteiger partial charge is 0.482 e. The van der Waals surface area contributed by atoms with Gasteiger partial charge in [-0.2, -0.15) is 0 Å². The number of halogens is 2. The van der Waals surface area contributed by atoms with E-state index in [1.807, 2.05) is 20.8 Å². The number of nitrogens with two attached hydrogens (primary N) is 1. The number of hydrogen-bond acceptors (Lipinski definition) is 3. The van der Waals surface area contributed by atoms with E-state index in [1.165, 1.54) is 6.07 Å². The molecule has 0 spiro atoms. The highest BCUT2D eigenvalue weighted by Gasteiger charge is 2.15. The molecule has 0 aliphatic rings. The summed E-state index contributed by atoms with van der Waals surface area (Å²) >= 11 is 3.01. The minimum absolute atomic E-state index is 0.153. The zero-order valence-electron chi connectivity index (χ0n) is 10.5. The van der Waals surface area contributed by atoms with E-state index in [0.29, 0.717) is 0 Å². The molecule has 0 aliphatic carbocycles. The number of nitrogen functional groups attached to an aromatic ring is 1. The molecule has 1 amide bonds. The average Bonchev–Trinajstić information content (AvgIpc) is 2.19. The molecule has 0 heterocycles. The van der Waals surface area contributed by atoms with Crippen molar-refractivity contribution in [1.29, 1.82) is 0 Å². The van der Waals surface area contributed by atoms with Crippen LogP contribution >= 0.6 is 15.9 Å². The number of carbonyl (C=O) groups is 1. The first-order valence-corrected chi connectivity index (χ1v) is 6.16. The van der Waals surface area contributed by atoms with Crippen molar-refractivity contribution in [1.82, 2.24) is 5.32 Å². The highest BCUT2D eigenvalue weighted by molar-refractivity contribution is 9.10. The molecule has 0 bridgehead atoms. The zero-order chi connectivity index (χ0) is 13.9. The highest BCUT2D eigenvalue weighted by Crippen LogP contribution is 2.28. The minimum Gasteiger partial charge on any atom is -0.482 e. The SMILES string of the molecule is CC(C)(C)NC(=O)COc1cc(F)c(Br)cc1N. The van der Waals surface area contributed by atoms with Crippen molar-refractivity contribution in [2.24, 2.45) is 0 Å². The Hall–Kier alpha value is -1.30. The van der Waals surface area contributed by atoms with E-state index in [2.05, 4.69) is 21.2 Å². The van der Waals surface area contributed by atoms with Crippen molar-refractivity contribution in [2.45, 2.75) is 26.3 Å². The van der Waals surface area contributed by atoms with Gasteiger partial charge in [0.25, 0.3) is 5.91 Å². The molecule has 100 valence electrons. The summed E-state index contributed by atoms with van der Waals surface area (Å²) in [5.74, 6) is -0.625. The molecule has 1 aromatic rings. The summed E-state index contributed by atoms with van der Waals surface area (Å²) in [6, 6.07) is 2.54. The van der Waals surface area contributed by atoms with Crippen molar-refractivity contribution >= 4 is 27.5 Å². The molecule has 0 radical (unpaired) electrons. The van der Waals surface area contributed by atoms with Crippen molar-refractivity contribution in [2.75, 3.05) is 12.3 Å². The molecule has 3 N–H and O–H groups in total. The summed E-state index contributed by atoms with van der Waals surface area (Å²) in [4.78, 5) is 11.5. The lowest BCUT2D eigenvalue weighted by atomic mass is 10.1. The Balaban J connectivity index is 2.64. The maximum absolute atomic E-state index is 13.3. The Morgan fingerprint density at radius 2 is 2.11 bits per heavy atom. The molecule has 0 atom stereocenters. The third-order valence-corrected chi connectivity index (χ3v) is 2.53. The fourth-order valence-electron chi connectivity index (χ4n) is 1.27.